The molecule has 0 bridgehead atoms. The van der Waals surface area contributed by atoms with E-state index < -0.39 is 0 Å². The predicted molar refractivity (Wildman–Crippen MR) is 105 cm³/mol. The van der Waals surface area contributed by atoms with Crippen molar-refractivity contribution in [3.8, 4) is 11.5 Å². The topological polar surface area (TPSA) is 41.3 Å². The lowest BCUT2D eigenvalue weighted by atomic mass is 10.1. The minimum Gasteiger partial charge on any atom is -0.444 e. The Balaban J connectivity index is 1.34. The zero-order valence-electron chi connectivity index (χ0n) is 15.6. The maximum Gasteiger partial charge on any atom is 0.226 e. The van der Waals surface area contributed by atoms with E-state index in [2.05, 4.69) is 15.2 Å². The normalized spacial score (nSPS) is 14.0. The number of nitrogens with one attached hydrogen (secondary N) is 1. The maximum absolute atomic E-state index is 14.4. The summed E-state index contributed by atoms with van der Waals surface area (Å²) in [4.78, 5) is 6.70. The Morgan fingerprint density at radius 3 is 2.61 bits per heavy atom. The summed E-state index contributed by atoms with van der Waals surface area (Å²) in [6, 6.07) is 11.3. The molecule has 1 fully saturated rings. The van der Waals surface area contributed by atoms with Crippen LogP contribution in [0.15, 0.2) is 53.1 Å². The monoisotopic (exact) mass is 383 g/mol. The first kappa shape index (κ1) is 18.6. The second-order valence-corrected chi connectivity index (χ2v) is 7.01. The van der Waals surface area contributed by atoms with E-state index in [9.17, 15) is 8.78 Å². The Labute approximate surface area is 163 Å². The van der Waals surface area contributed by atoms with Crippen LogP contribution in [0.4, 0.5) is 14.5 Å². The lowest BCUT2D eigenvalue weighted by Gasteiger charge is -2.22. The van der Waals surface area contributed by atoms with Crippen molar-refractivity contribution in [1.82, 2.24) is 10.3 Å². The van der Waals surface area contributed by atoms with Gasteiger partial charge in [0.15, 0.2) is 0 Å². The molecule has 3 aromatic rings. The summed E-state index contributed by atoms with van der Waals surface area (Å²) in [5.41, 5.74) is 3.25. The van der Waals surface area contributed by atoms with Crippen LogP contribution >= 0.6 is 0 Å². The fraction of sp³-hybridized carbons (Fsp3) is 0.318. The van der Waals surface area contributed by atoms with Crippen LogP contribution < -0.4 is 10.2 Å². The standard InChI is InChI=1S/C22H23F2N3O/c23-17-8-6-16(7-9-17)22-26-18(15-28-22)10-11-25-14-19-20(24)4-3-5-21(19)27-12-1-2-13-27/h3-9,15,25H,1-2,10-14H2. The van der Waals surface area contributed by atoms with E-state index in [1.54, 1.807) is 24.5 Å². The lowest BCUT2D eigenvalue weighted by Crippen LogP contribution is -2.23. The molecule has 6 heteroatoms. The molecule has 28 heavy (non-hydrogen) atoms. The number of hydrogen-bond acceptors (Lipinski definition) is 4. The van der Waals surface area contributed by atoms with Crippen LogP contribution in [0.3, 0.4) is 0 Å². The molecule has 0 saturated carbocycles. The van der Waals surface area contributed by atoms with Gasteiger partial charge in [0.05, 0.1) is 5.69 Å². The molecule has 0 unspecified atom stereocenters. The van der Waals surface area contributed by atoms with Gasteiger partial charge in [-0.2, -0.15) is 0 Å². The molecular weight excluding hydrogens is 360 g/mol. The summed E-state index contributed by atoms with van der Waals surface area (Å²) >= 11 is 0. The summed E-state index contributed by atoms with van der Waals surface area (Å²) in [6.45, 7) is 3.10. The lowest BCUT2D eigenvalue weighted by molar-refractivity contribution is 0.569. The van der Waals surface area contributed by atoms with Crippen LogP contribution in [0.25, 0.3) is 11.5 Å². The molecule has 0 atom stereocenters. The molecule has 1 aromatic heterocycles. The summed E-state index contributed by atoms with van der Waals surface area (Å²) in [5.74, 6) is 0.0125. The average Bonchev–Trinajstić information content (AvgIpc) is 3.39. The molecule has 0 amide bonds. The number of rotatable bonds is 7. The van der Waals surface area contributed by atoms with E-state index in [0.717, 1.165) is 48.4 Å². The minimum absolute atomic E-state index is 0.170. The van der Waals surface area contributed by atoms with Gasteiger partial charge in [0.1, 0.15) is 17.9 Å². The van der Waals surface area contributed by atoms with Gasteiger partial charge in [0, 0.05) is 49.4 Å². The highest BCUT2D eigenvalue weighted by Gasteiger charge is 2.17. The fourth-order valence-corrected chi connectivity index (χ4v) is 3.55. The van der Waals surface area contributed by atoms with Gasteiger partial charge in [-0.25, -0.2) is 13.8 Å². The van der Waals surface area contributed by atoms with Crippen molar-refractivity contribution in [3.05, 3.63) is 71.6 Å². The number of nitrogens with zero attached hydrogens (tertiary/aromatic N) is 2. The molecule has 0 spiro atoms. The Bertz CT molecular complexity index is 918. The van der Waals surface area contributed by atoms with Gasteiger partial charge in [-0.1, -0.05) is 6.07 Å². The molecule has 146 valence electrons. The zero-order chi connectivity index (χ0) is 19.3. The number of hydrogen-bond donors (Lipinski definition) is 1. The van der Waals surface area contributed by atoms with Crippen molar-refractivity contribution in [2.45, 2.75) is 25.8 Å². The van der Waals surface area contributed by atoms with Gasteiger partial charge in [0.2, 0.25) is 5.89 Å². The van der Waals surface area contributed by atoms with E-state index in [-0.39, 0.29) is 11.6 Å². The van der Waals surface area contributed by atoms with Crippen LogP contribution in [-0.2, 0) is 13.0 Å². The summed E-state index contributed by atoms with van der Waals surface area (Å²) in [7, 11) is 0. The minimum atomic E-state index is -0.291. The Kier molecular flexibility index (Phi) is 5.67. The van der Waals surface area contributed by atoms with Gasteiger partial charge in [-0.3, -0.25) is 0 Å². The summed E-state index contributed by atoms with van der Waals surface area (Å²) in [6.07, 6.45) is 4.59. The highest BCUT2D eigenvalue weighted by molar-refractivity contribution is 5.55. The third-order valence-electron chi connectivity index (χ3n) is 5.04. The quantitative estimate of drug-likeness (QED) is 0.608. The second kappa shape index (κ2) is 8.52. The largest absolute Gasteiger partial charge is 0.444 e. The van der Waals surface area contributed by atoms with Crippen molar-refractivity contribution in [2.75, 3.05) is 24.5 Å². The van der Waals surface area contributed by atoms with Gasteiger partial charge in [-0.15, -0.1) is 0 Å². The first-order chi connectivity index (χ1) is 13.7. The van der Waals surface area contributed by atoms with Crippen LogP contribution in [0, 0.1) is 11.6 Å². The van der Waals surface area contributed by atoms with Crippen LogP contribution in [0.1, 0.15) is 24.1 Å². The van der Waals surface area contributed by atoms with Crippen molar-refractivity contribution in [1.29, 1.82) is 0 Å². The number of aromatic nitrogens is 1. The number of halogens is 2. The first-order valence-corrected chi connectivity index (χ1v) is 9.64. The smallest absolute Gasteiger partial charge is 0.226 e. The predicted octanol–water partition coefficient (Wildman–Crippen LogP) is 4.55. The molecule has 0 aliphatic carbocycles. The van der Waals surface area contributed by atoms with Gasteiger partial charge >= 0.3 is 0 Å². The van der Waals surface area contributed by atoms with Crippen LogP contribution in [0.5, 0.6) is 0 Å². The molecule has 2 heterocycles. The summed E-state index contributed by atoms with van der Waals surface area (Å²) in [5, 5.41) is 3.31. The second-order valence-electron chi connectivity index (χ2n) is 7.01. The SMILES string of the molecule is Fc1ccc(-c2nc(CCNCc3c(F)cccc3N3CCCC3)co2)cc1. The molecule has 1 aliphatic heterocycles. The third-order valence-corrected chi connectivity index (χ3v) is 5.04. The molecule has 0 radical (unpaired) electrons. The molecule has 2 aromatic carbocycles. The number of oxazole rings is 1. The van der Waals surface area contributed by atoms with Gasteiger partial charge in [-0.05, 0) is 49.2 Å². The van der Waals surface area contributed by atoms with E-state index in [1.165, 1.54) is 18.2 Å². The molecule has 1 N–H and O–H groups in total. The number of benzene rings is 2. The van der Waals surface area contributed by atoms with E-state index in [1.807, 2.05) is 6.07 Å². The molecule has 1 saturated heterocycles. The Morgan fingerprint density at radius 1 is 1.04 bits per heavy atom. The van der Waals surface area contributed by atoms with Gasteiger partial charge < -0.3 is 14.6 Å². The third kappa shape index (κ3) is 4.22. The Hall–Kier alpha value is -2.73. The summed E-state index contributed by atoms with van der Waals surface area (Å²) < 4.78 is 32.9. The maximum atomic E-state index is 14.4. The molecule has 4 nitrogen and oxygen atoms in total. The first-order valence-electron chi connectivity index (χ1n) is 9.64. The molecule has 4 rings (SSSR count). The fourth-order valence-electron chi connectivity index (χ4n) is 3.55. The molecule has 1 aliphatic rings. The highest BCUT2D eigenvalue weighted by atomic mass is 19.1. The number of anilines is 1. The van der Waals surface area contributed by atoms with Crippen molar-refractivity contribution in [2.24, 2.45) is 0 Å². The van der Waals surface area contributed by atoms with E-state index in [4.69, 9.17) is 4.42 Å². The average molecular weight is 383 g/mol. The van der Waals surface area contributed by atoms with Crippen molar-refractivity contribution < 1.29 is 13.2 Å². The zero-order valence-corrected chi connectivity index (χ0v) is 15.6. The highest BCUT2D eigenvalue weighted by Crippen LogP contribution is 2.26. The van der Waals surface area contributed by atoms with Crippen molar-refractivity contribution in [3.63, 3.8) is 0 Å². The van der Waals surface area contributed by atoms with Crippen LogP contribution in [-0.4, -0.2) is 24.6 Å². The Morgan fingerprint density at radius 2 is 1.82 bits per heavy atom. The van der Waals surface area contributed by atoms with Crippen molar-refractivity contribution >= 4 is 5.69 Å². The van der Waals surface area contributed by atoms with Crippen LogP contribution in [0.2, 0.25) is 0 Å². The van der Waals surface area contributed by atoms with E-state index >= 15 is 0 Å². The van der Waals surface area contributed by atoms with Gasteiger partial charge in [0.25, 0.3) is 0 Å². The molecular formula is C22H23F2N3O. The van der Waals surface area contributed by atoms with E-state index in [0.29, 0.717) is 25.4 Å².